The van der Waals surface area contributed by atoms with Crippen LogP contribution in [0, 0.1) is 0 Å². The Hall–Kier alpha value is -2.42. The molecule has 148 valence electrons. The van der Waals surface area contributed by atoms with Gasteiger partial charge in [-0.15, -0.1) is 0 Å². The fourth-order valence-electron chi connectivity index (χ4n) is 2.71. The lowest BCUT2D eigenvalue weighted by Gasteiger charge is -2.32. The van der Waals surface area contributed by atoms with Crippen molar-refractivity contribution in [2.24, 2.45) is 0 Å². The van der Waals surface area contributed by atoms with Gasteiger partial charge in [-0.1, -0.05) is 0 Å². The molecule has 0 fully saturated rings. The molecule has 27 heavy (non-hydrogen) atoms. The Balaban J connectivity index is 2.04. The molecule has 0 spiro atoms. The normalized spacial score (nSPS) is 16.0. The Kier molecular flexibility index (Phi) is 6.59. The number of ketones is 1. The maximum Gasteiger partial charge on any atom is 0.326 e. The van der Waals surface area contributed by atoms with Crippen LogP contribution in [0.4, 0.5) is 0 Å². The molecule has 8 nitrogen and oxygen atoms in total. The molecule has 1 aliphatic heterocycles. The van der Waals surface area contributed by atoms with Crippen LogP contribution in [0.25, 0.3) is 0 Å². The minimum Gasteiger partial charge on any atom is -0.507 e. The molecule has 2 rings (SSSR count). The zero-order valence-corrected chi connectivity index (χ0v) is 16.2. The van der Waals surface area contributed by atoms with Crippen molar-refractivity contribution >= 4 is 29.4 Å². The van der Waals surface area contributed by atoms with E-state index in [2.05, 4.69) is 5.32 Å². The molecular formula is C18H23NO7S. The third-order valence-corrected chi connectivity index (χ3v) is 4.56. The number of phenols is 1. The Bertz CT molecular complexity index is 747. The van der Waals surface area contributed by atoms with Crippen molar-refractivity contribution in [3.8, 4) is 17.2 Å². The lowest BCUT2D eigenvalue weighted by molar-refractivity contribution is -0.142. The number of ether oxygens (including phenoxy) is 2. The molecule has 3 N–H and O–H groups in total. The van der Waals surface area contributed by atoms with E-state index in [0.717, 1.165) is 0 Å². The van der Waals surface area contributed by atoms with Gasteiger partial charge in [-0.3, -0.25) is 9.59 Å². The molecule has 1 heterocycles. The number of hydrogen-bond acceptors (Lipinski definition) is 7. The van der Waals surface area contributed by atoms with Gasteiger partial charge in [0.15, 0.2) is 12.4 Å². The molecule has 1 aromatic carbocycles. The van der Waals surface area contributed by atoms with Crippen LogP contribution in [0.15, 0.2) is 12.1 Å². The van der Waals surface area contributed by atoms with Gasteiger partial charge < -0.3 is 25.0 Å². The number of carboxylic acid groups (broad SMARTS) is 1. The number of nitrogens with one attached hydrogen (secondary N) is 1. The third kappa shape index (κ3) is 5.53. The zero-order chi connectivity index (χ0) is 20.2. The number of aliphatic carboxylic acids is 1. The fraction of sp³-hybridized carbons (Fsp3) is 0.500. The summed E-state index contributed by atoms with van der Waals surface area (Å²) in [7, 11) is 0. The van der Waals surface area contributed by atoms with Crippen molar-refractivity contribution in [3.63, 3.8) is 0 Å². The smallest absolute Gasteiger partial charge is 0.326 e. The van der Waals surface area contributed by atoms with Crippen molar-refractivity contribution in [1.82, 2.24) is 5.32 Å². The van der Waals surface area contributed by atoms with Gasteiger partial charge in [-0.25, -0.2) is 4.79 Å². The molecule has 0 aromatic heterocycles. The van der Waals surface area contributed by atoms with Gasteiger partial charge in [0.05, 0.1) is 6.42 Å². The first kappa shape index (κ1) is 20.9. The summed E-state index contributed by atoms with van der Waals surface area (Å²) in [4.78, 5) is 35.3. The van der Waals surface area contributed by atoms with Gasteiger partial charge in [0.25, 0.3) is 5.91 Å². The highest BCUT2D eigenvalue weighted by Crippen LogP contribution is 2.40. The SMILES string of the molecule is CSCC[C@@H](NC(=O)COc1cc(O)c2c(c1)OC(C)(C)CC2=O)C(=O)O. The van der Waals surface area contributed by atoms with Crippen molar-refractivity contribution in [2.45, 2.75) is 38.3 Å². The Labute approximate surface area is 161 Å². The van der Waals surface area contributed by atoms with E-state index in [1.807, 2.05) is 6.26 Å². The molecular weight excluding hydrogens is 374 g/mol. The van der Waals surface area contributed by atoms with E-state index in [4.69, 9.17) is 14.6 Å². The molecule has 9 heteroatoms. The number of hydrogen-bond donors (Lipinski definition) is 3. The van der Waals surface area contributed by atoms with E-state index in [9.17, 15) is 19.5 Å². The van der Waals surface area contributed by atoms with Gasteiger partial charge in [0.2, 0.25) is 0 Å². The van der Waals surface area contributed by atoms with Crippen LogP contribution in [0.2, 0.25) is 0 Å². The van der Waals surface area contributed by atoms with E-state index in [1.165, 1.54) is 23.9 Å². The van der Waals surface area contributed by atoms with E-state index in [1.54, 1.807) is 13.8 Å². The minimum absolute atomic E-state index is 0.0918. The maximum atomic E-state index is 12.2. The predicted molar refractivity (Wildman–Crippen MR) is 99.8 cm³/mol. The molecule has 0 saturated heterocycles. The lowest BCUT2D eigenvalue weighted by atomic mass is 9.92. The van der Waals surface area contributed by atoms with Crippen LogP contribution in [0.1, 0.15) is 37.0 Å². The Morgan fingerprint density at radius 3 is 2.74 bits per heavy atom. The molecule has 1 aromatic rings. The molecule has 0 bridgehead atoms. The highest BCUT2D eigenvalue weighted by atomic mass is 32.2. The predicted octanol–water partition coefficient (Wildman–Crippen LogP) is 1.84. The van der Waals surface area contributed by atoms with Crippen LogP contribution in [0.3, 0.4) is 0 Å². The van der Waals surface area contributed by atoms with Gasteiger partial charge >= 0.3 is 5.97 Å². The maximum absolute atomic E-state index is 12.2. The summed E-state index contributed by atoms with van der Waals surface area (Å²) >= 11 is 1.48. The summed E-state index contributed by atoms with van der Waals surface area (Å²) < 4.78 is 11.1. The minimum atomic E-state index is -1.11. The molecule has 1 atom stereocenters. The van der Waals surface area contributed by atoms with E-state index in [0.29, 0.717) is 12.2 Å². The van der Waals surface area contributed by atoms with Crippen LogP contribution in [-0.4, -0.2) is 58.1 Å². The first-order valence-electron chi connectivity index (χ1n) is 8.36. The molecule has 0 saturated carbocycles. The number of fused-ring (bicyclic) bond motifs is 1. The van der Waals surface area contributed by atoms with Gasteiger partial charge in [0, 0.05) is 12.1 Å². The van der Waals surface area contributed by atoms with Crippen molar-refractivity contribution in [1.29, 1.82) is 0 Å². The third-order valence-electron chi connectivity index (χ3n) is 3.92. The summed E-state index contributed by atoms with van der Waals surface area (Å²) in [6, 6.07) is 1.67. The lowest BCUT2D eigenvalue weighted by Crippen LogP contribution is -2.43. The van der Waals surface area contributed by atoms with E-state index >= 15 is 0 Å². The topological polar surface area (TPSA) is 122 Å². The molecule has 1 amide bonds. The monoisotopic (exact) mass is 397 g/mol. The van der Waals surface area contributed by atoms with Gasteiger partial charge in [0.1, 0.15) is 34.5 Å². The highest BCUT2D eigenvalue weighted by molar-refractivity contribution is 7.98. The number of benzene rings is 1. The number of phenolic OH excluding ortho intramolecular Hbond substituents is 1. The second-order valence-electron chi connectivity index (χ2n) is 6.81. The molecule has 0 aliphatic carbocycles. The van der Waals surface area contributed by atoms with Crippen LogP contribution in [0.5, 0.6) is 17.2 Å². The molecule has 0 radical (unpaired) electrons. The quantitative estimate of drug-likeness (QED) is 0.607. The average Bonchev–Trinajstić information content (AvgIpc) is 2.54. The summed E-state index contributed by atoms with van der Waals surface area (Å²) in [6.45, 7) is 3.08. The number of amides is 1. The number of Topliss-reactive ketones (excluding diaryl/α,β-unsaturated/α-hetero) is 1. The van der Waals surface area contributed by atoms with Crippen LogP contribution >= 0.6 is 11.8 Å². The average molecular weight is 397 g/mol. The van der Waals surface area contributed by atoms with Crippen LogP contribution < -0.4 is 14.8 Å². The number of thioether (sulfide) groups is 1. The summed E-state index contributed by atoms with van der Waals surface area (Å²) in [6.07, 6.45) is 2.29. The first-order chi connectivity index (χ1) is 12.6. The largest absolute Gasteiger partial charge is 0.507 e. The Morgan fingerprint density at radius 2 is 2.11 bits per heavy atom. The van der Waals surface area contributed by atoms with Crippen molar-refractivity contribution in [2.75, 3.05) is 18.6 Å². The van der Waals surface area contributed by atoms with Gasteiger partial charge in [-0.05, 0) is 32.3 Å². The van der Waals surface area contributed by atoms with Crippen LogP contribution in [-0.2, 0) is 9.59 Å². The molecule has 0 unspecified atom stereocenters. The zero-order valence-electron chi connectivity index (χ0n) is 15.4. The second kappa shape index (κ2) is 8.51. The number of carboxylic acids is 1. The van der Waals surface area contributed by atoms with Crippen molar-refractivity contribution in [3.05, 3.63) is 17.7 Å². The number of carbonyl (C=O) groups is 3. The summed E-state index contributed by atoms with van der Waals surface area (Å²) in [5, 5.41) is 21.6. The Morgan fingerprint density at radius 1 is 1.41 bits per heavy atom. The first-order valence-corrected chi connectivity index (χ1v) is 9.75. The van der Waals surface area contributed by atoms with E-state index in [-0.39, 0.29) is 35.0 Å². The fourth-order valence-corrected chi connectivity index (χ4v) is 3.18. The highest BCUT2D eigenvalue weighted by Gasteiger charge is 2.35. The molecule has 1 aliphatic rings. The second-order valence-corrected chi connectivity index (χ2v) is 7.79. The van der Waals surface area contributed by atoms with Crippen molar-refractivity contribution < 1.29 is 34.1 Å². The number of rotatable bonds is 8. The van der Waals surface area contributed by atoms with E-state index < -0.39 is 30.1 Å². The number of carbonyl (C=O) groups excluding carboxylic acids is 2. The standard InChI is InChI=1S/C18H23NO7S/c1-18(2)8-13(21)16-12(20)6-10(7-14(16)26-18)25-9-15(22)19-11(17(23)24)4-5-27-3/h6-7,11,20H,4-5,8-9H2,1-3H3,(H,19,22)(H,23,24)/t11-/m1/s1. The van der Waals surface area contributed by atoms with Gasteiger partial charge in [-0.2, -0.15) is 11.8 Å². The summed E-state index contributed by atoms with van der Waals surface area (Å²) in [5.74, 6) is -1.31. The summed E-state index contributed by atoms with van der Waals surface area (Å²) in [5.41, 5.74) is -0.618. The number of aromatic hydroxyl groups is 1.